The molecule has 0 aromatic heterocycles. The molecule has 0 spiro atoms. The molecule has 1 rings (SSSR count). The van der Waals surface area contributed by atoms with Gasteiger partial charge in [-0.2, -0.15) is 0 Å². The zero-order chi connectivity index (χ0) is 7.56. The van der Waals surface area contributed by atoms with Crippen LogP contribution >= 0.6 is 0 Å². The summed E-state index contributed by atoms with van der Waals surface area (Å²) in [6.45, 7) is 1.78. The first kappa shape index (κ1) is 7.32. The van der Waals surface area contributed by atoms with Crippen molar-refractivity contribution in [3.05, 3.63) is 11.6 Å². The Kier molecular flexibility index (Phi) is 2.10. The van der Waals surface area contributed by atoms with E-state index in [-0.39, 0.29) is 5.91 Å². The molecule has 0 unspecified atom stereocenters. The largest absolute Gasteiger partial charge is 0.366 e. The monoisotopic (exact) mass is 139 g/mol. The molecule has 2 nitrogen and oxygen atoms in total. The number of carbonyl (C=O) groups excluding carboxylic acids is 1. The van der Waals surface area contributed by atoms with E-state index in [1.165, 1.54) is 19.3 Å². The van der Waals surface area contributed by atoms with E-state index >= 15 is 0 Å². The number of allylic oxidation sites excluding steroid dienone is 1. The van der Waals surface area contributed by atoms with Crippen LogP contribution in [0.2, 0.25) is 0 Å². The van der Waals surface area contributed by atoms with Crippen LogP contribution < -0.4 is 5.73 Å². The van der Waals surface area contributed by atoms with Crippen molar-refractivity contribution in [2.45, 2.75) is 26.2 Å². The Morgan fingerprint density at radius 2 is 2.20 bits per heavy atom. The van der Waals surface area contributed by atoms with Gasteiger partial charge in [0.25, 0.3) is 0 Å². The summed E-state index contributed by atoms with van der Waals surface area (Å²) < 4.78 is 0. The fourth-order valence-corrected chi connectivity index (χ4v) is 1.04. The molecule has 0 aliphatic heterocycles. The molecule has 0 heterocycles. The van der Waals surface area contributed by atoms with Gasteiger partial charge in [0.05, 0.1) is 0 Å². The molecule has 0 saturated heterocycles. The van der Waals surface area contributed by atoms with Gasteiger partial charge in [0.1, 0.15) is 0 Å². The predicted molar refractivity (Wildman–Crippen MR) is 40.3 cm³/mol. The van der Waals surface area contributed by atoms with Crippen LogP contribution in [0, 0.1) is 5.92 Å². The number of hydrogen-bond acceptors (Lipinski definition) is 1. The zero-order valence-electron chi connectivity index (χ0n) is 6.26. The Hall–Kier alpha value is -0.790. The maximum atomic E-state index is 10.5. The van der Waals surface area contributed by atoms with Gasteiger partial charge in [-0.25, -0.2) is 0 Å². The quantitative estimate of drug-likeness (QED) is 0.574. The number of hydrogen-bond donors (Lipinski definition) is 1. The third-order valence-electron chi connectivity index (χ3n) is 2.02. The van der Waals surface area contributed by atoms with Gasteiger partial charge in [-0.15, -0.1) is 0 Å². The van der Waals surface area contributed by atoms with Crippen molar-refractivity contribution in [1.82, 2.24) is 0 Å². The number of amides is 1. The summed E-state index contributed by atoms with van der Waals surface area (Å²) in [5.41, 5.74) is 5.77. The van der Waals surface area contributed by atoms with Crippen LogP contribution in [0.4, 0.5) is 0 Å². The first-order valence-corrected chi connectivity index (χ1v) is 3.68. The summed E-state index contributed by atoms with van der Waals surface area (Å²) in [4.78, 5) is 10.5. The molecule has 0 radical (unpaired) electrons. The summed E-state index contributed by atoms with van der Waals surface area (Å²) in [5.74, 6) is 0.347. The maximum absolute atomic E-state index is 10.5. The molecule has 2 N–H and O–H groups in total. The van der Waals surface area contributed by atoms with Gasteiger partial charge in [-0.05, 0) is 25.7 Å². The van der Waals surface area contributed by atoms with E-state index in [1.54, 1.807) is 6.92 Å². The lowest BCUT2D eigenvalue weighted by Crippen LogP contribution is -2.15. The third-order valence-corrected chi connectivity index (χ3v) is 2.02. The standard InChI is InChI=1S/C8H13NO/c1-6(8(9)10)5-7-3-2-4-7/h5,7H,2-4H2,1H3,(H2,9,10)/b6-5+. The normalized spacial score (nSPS) is 20.3. The molecule has 56 valence electrons. The van der Waals surface area contributed by atoms with Gasteiger partial charge in [-0.1, -0.05) is 12.5 Å². The third kappa shape index (κ3) is 1.59. The zero-order valence-corrected chi connectivity index (χ0v) is 6.26. The minimum atomic E-state index is -0.285. The first-order valence-electron chi connectivity index (χ1n) is 3.68. The molecule has 0 aromatic rings. The Morgan fingerprint density at radius 1 is 1.60 bits per heavy atom. The molecule has 0 bridgehead atoms. The molecule has 10 heavy (non-hydrogen) atoms. The van der Waals surface area contributed by atoms with Crippen molar-refractivity contribution in [2.24, 2.45) is 11.7 Å². The van der Waals surface area contributed by atoms with Crippen LogP contribution in [0.25, 0.3) is 0 Å². The lowest BCUT2D eigenvalue weighted by atomic mass is 9.84. The minimum absolute atomic E-state index is 0.285. The van der Waals surface area contributed by atoms with Crippen molar-refractivity contribution < 1.29 is 4.79 Å². The van der Waals surface area contributed by atoms with E-state index < -0.39 is 0 Å². The summed E-state index contributed by atoms with van der Waals surface area (Å²) in [6.07, 6.45) is 5.74. The van der Waals surface area contributed by atoms with Crippen molar-refractivity contribution in [3.63, 3.8) is 0 Å². The summed E-state index contributed by atoms with van der Waals surface area (Å²) in [5, 5.41) is 0. The average molecular weight is 139 g/mol. The summed E-state index contributed by atoms with van der Waals surface area (Å²) >= 11 is 0. The molecular formula is C8H13NO. The molecular weight excluding hydrogens is 126 g/mol. The van der Waals surface area contributed by atoms with Crippen LogP contribution in [-0.2, 0) is 4.79 Å². The number of primary amides is 1. The second kappa shape index (κ2) is 2.86. The van der Waals surface area contributed by atoms with Crippen LogP contribution in [0.3, 0.4) is 0 Å². The van der Waals surface area contributed by atoms with Crippen LogP contribution in [0.5, 0.6) is 0 Å². The molecule has 1 amide bonds. The lowest BCUT2D eigenvalue weighted by molar-refractivity contribution is -0.114. The van der Waals surface area contributed by atoms with Crippen LogP contribution in [0.1, 0.15) is 26.2 Å². The highest BCUT2D eigenvalue weighted by Gasteiger charge is 2.15. The van der Waals surface area contributed by atoms with E-state index in [2.05, 4.69) is 0 Å². The second-order valence-electron chi connectivity index (χ2n) is 2.90. The van der Waals surface area contributed by atoms with Crippen LogP contribution in [0.15, 0.2) is 11.6 Å². The molecule has 0 atom stereocenters. The highest BCUT2D eigenvalue weighted by atomic mass is 16.1. The summed E-state index contributed by atoms with van der Waals surface area (Å²) in [6, 6.07) is 0. The molecule has 1 saturated carbocycles. The smallest absolute Gasteiger partial charge is 0.244 e. The second-order valence-corrected chi connectivity index (χ2v) is 2.90. The minimum Gasteiger partial charge on any atom is -0.366 e. The van der Waals surface area contributed by atoms with E-state index in [4.69, 9.17) is 5.73 Å². The van der Waals surface area contributed by atoms with E-state index in [0.29, 0.717) is 11.5 Å². The fraction of sp³-hybridized carbons (Fsp3) is 0.625. The van der Waals surface area contributed by atoms with E-state index in [0.717, 1.165) is 0 Å². The number of carbonyl (C=O) groups is 1. The number of nitrogens with two attached hydrogens (primary N) is 1. The van der Waals surface area contributed by atoms with Crippen LogP contribution in [-0.4, -0.2) is 5.91 Å². The van der Waals surface area contributed by atoms with Crippen molar-refractivity contribution in [2.75, 3.05) is 0 Å². The highest BCUT2D eigenvalue weighted by molar-refractivity contribution is 5.91. The molecule has 2 heteroatoms. The SMILES string of the molecule is C/C(=C\C1CCC1)C(N)=O. The van der Waals surface area contributed by atoms with Gasteiger partial charge in [0, 0.05) is 5.57 Å². The molecule has 1 aliphatic rings. The fourth-order valence-electron chi connectivity index (χ4n) is 1.04. The van der Waals surface area contributed by atoms with Gasteiger partial charge in [0.2, 0.25) is 5.91 Å². The van der Waals surface area contributed by atoms with Gasteiger partial charge >= 0.3 is 0 Å². The molecule has 1 fully saturated rings. The average Bonchev–Trinajstić information content (AvgIpc) is 1.77. The topological polar surface area (TPSA) is 43.1 Å². The Balaban J connectivity index is 2.44. The Labute approximate surface area is 61.1 Å². The molecule has 1 aliphatic carbocycles. The van der Waals surface area contributed by atoms with E-state index in [9.17, 15) is 4.79 Å². The maximum Gasteiger partial charge on any atom is 0.244 e. The van der Waals surface area contributed by atoms with E-state index in [1.807, 2.05) is 6.08 Å². The van der Waals surface area contributed by atoms with Gasteiger partial charge < -0.3 is 5.73 Å². The van der Waals surface area contributed by atoms with Gasteiger partial charge in [0.15, 0.2) is 0 Å². The molecule has 0 aromatic carbocycles. The number of rotatable bonds is 2. The highest BCUT2D eigenvalue weighted by Crippen LogP contribution is 2.28. The van der Waals surface area contributed by atoms with Crippen molar-refractivity contribution in [3.8, 4) is 0 Å². The Bertz CT molecular complexity index is 168. The lowest BCUT2D eigenvalue weighted by Gasteiger charge is -2.21. The van der Waals surface area contributed by atoms with Gasteiger partial charge in [-0.3, -0.25) is 4.79 Å². The predicted octanol–water partition coefficient (Wildman–Crippen LogP) is 1.22. The summed E-state index contributed by atoms with van der Waals surface area (Å²) in [7, 11) is 0. The van der Waals surface area contributed by atoms with Crippen molar-refractivity contribution >= 4 is 5.91 Å². The Morgan fingerprint density at radius 3 is 2.50 bits per heavy atom. The first-order chi connectivity index (χ1) is 4.70. The van der Waals surface area contributed by atoms with Crippen molar-refractivity contribution in [1.29, 1.82) is 0 Å².